The first kappa shape index (κ1) is 21.9. The number of nitrogens with zero attached hydrogens (tertiary/aromatic N) is 3. The van der Waals surface area contributed by atoms with Crippen molar-refractivity contribution in [3.8, 4) is 0 Å². The van der Waals surface area contributed by atoms with Gasteiger partial charge in [0.05, 0.1) is 0 Å². The predicted octanol–water partition coefficient (Wildman–Crippen LogP) is 3.51. The number of hydrogen-bond acceptors (Lipinski definition) is 5. The van der Waals surface area contributed by atoms with Gasteiger partial charge < -0.3 is 10.6 Å². The smallest absolute Gasteiger partial charge is 0.222 e. The van der Waals surface area contributed by atoms with Gasteiger partial charge in [0.15, 0.2) is 0 Å². The van der Waals surface area contributed by atoms with Crippen molar-refractivity contribution in [3.63, 3.8) is 0 Å². The first-order valence-electron chi connectivity index (χ1n) is 9.33. The predicted molar refractivity (Wildman–Crippen MR) is 115 cm³/mol. The van der Waals surface area contributed by atoms with Crippen LogP contribution in [0.15, 0.2) is 42.7 Å². The molecule has 1 aromatic carbocycles. The van der Waals surface area contributed by atoms with Gasteiger partial charge in [0.2, 0.25) is 5.95 Å². The minimum atomic E-state index is 0. The normalized spacial score (nSPS) is 22.1. The average Bonchev–Trinajstić information content (AvgIpc) is 3.09. The van der Waals surface area contributed by atoms with Crippen molar-refractivity contribution in [3.05, 3.63) is 53.9 Å². The Balaban J connectivity index is 0.00000131. The van der Waals surface area contributed by atoms with E-state index in [-0.39, 0.29) is 24.8 Å². The van der Waals surface area contributed by atoms with Crippen LogP contribution in [-0.4, -0.2) is 41.0 Å². The van der Waals surface area contributed by atoms with Gasteiger partial charge in [-0.05, 0) is 43.3 Å². The number of nitrogens with one attached hydrogen (secondary N) is 2. The number of benzene rings is 1. The lowest BCUT2D eigenvalue weighted by molar-refractivity contribution is 0.0976. The van der Waals surface area contributed by atoms with E-state index in [0.717, 1.165) is 13.1 Å². The van der Waals surface area contributed by atoms with Crippen LogP contribution in [0, 0.1) is 5.41 Å². The van der Waals surface area contributed by atoms with Gasteiger partial charge in [-0.2, -0.15) is 0 Å². The Morgan fingerprint density at radius 1 is 1.04 bits per heavy atom. The molecule has 2 aromatic rings. The zero-order chi connectivity index (χ0) is 17.0. The molecular weight excluding hydrogens is 381 g/mol. The maximum absolute atomic E-state index is 4.49. The van der Waals surface area contributed by atoms with E-state index in [9.17, 15) is 0 Å². The Labute approximate surface area is 174 Å². The average molecular weight is 410 g/mol. The SMILES string of the molecule is Cl.Cl.c1ccc(CNc2ncc(CN3CCCC4(CCNC4)C3)cn2)cc1. The largest absolute Gasteiger partial charge is 0.350 e. The van der Waals surface area contributed by atoms with Crippen LogP contribution in [0.3, 0.4) is 0 Å². The van der Waals surface area contributed by atoms with Crippen molar-refractivity contribution in [1.29, 1.82) is 0 Å². The first-order valence-corrected chi connectivity index (χ1v) is 9.33. The molecule has 2 saturated heterocycles. The zero-order valence-electron chi connectivity index (χ0n) is 15.6. The monoisotopic (exact) mass is 409 g/mol. The Bertz CT molecular complexity index is 675. The highest BCUT2D eigenvalue weighted by Gasteiger charge is 2.37. The molecule has 1 unspecified atom stereocenters. The number of rotatable bonds is 5. The van der Waals surface area contributed by atoms with Crippen molar-refractivity contribution >= 4 is 30.8 Å². The molecule has 0 amide bonds. The summed E-state index contributed by atoms with van der Waals surface area (Å²) in [6.45, 7) is 6.47. The maximum atomic E-state index is 4.49. The number of piperidine rings is 1. The fraction of sp³-hybridized carbons (Fsp3) is 0.500. The highest BCUT2D eigenvalue weighted by Crippen LogP contribution is 2.35. The molecule has 4 rings (SSSR count). The van der Waals surface area contributed by atoms with Crippen LogP contribution in [-0.2, 0) is 13.1 Å². The maximum Gasteiger partial charge on any atom is 0.222 e. The molecule has 2 N–H and O–H groups in total. The van der Waals surface area contributed by atoms with Crippen molar-refractivity contribution < 1.29 is 0 Å². The lowest BCUT2D eigenvalue weighted by Gasteiger charge is -2.40. The second-order valence-corrected chi connectivity index (χ2v) is 7.50. The molecule has 1 atom stereocenters. The van der Waals surface area contributed by atoms with E-state index in [2.05, 4.69) is 37.6 Å². The highest BCUT2D eigenvalue weighted by molar-refractivity contribution is 5.85. The molecule has 5 nitrogen and oxygen atoms in total. The van der Waals surface area contributed by atoms with E-state index in [0.29, 0.717) is 11.4 Å². The molecule has 0 radical (unpaired) electrons. The molecule has 27 heavy (non-hydrogen) atoms. The third-order valence-electron chi connectivity index (χ3n) is 5.48. The minimum absolute atomic E-state index is 0. The Hall–Kier alpha value is -1.40. The van der Waals surface area contributed by atoms with Crippen LogP contribution in [0.2, 0.25) is 0 Å². The summed E-state index contributed by atoms with van der Waals surface area (Å²) < 4.78 is 0. The van der Waals surface area contributed by atoms with Crippen LogP contribution in [0.1, 0.15) is 30.4 Å². The first-order chi connectivity index (χ1) is 12.3. The van der Waals surface area contributed by atoms with E-state index in [1.165, 1.54) is 56.6 Å². The number of hydrogen-bond donors (Lipinski definition) is 2. The fourth-order valence-electron chi connectivity index (χ4n) is 4.15. The Kier molecular flexibility index (Phi) is 8.29. The molecule has 3 heterocycles. The molecule has 0 aliphatic carbocycles. The van der Waals surface area contributed by atoms with Crippen LogP contribution >= 0.6 is 24.8 Å². The van der Waals surface area contributed by atoms with Crippen molar-refractivity contribution in [2.45, 2.75) is 32.4 Å². The molecule has 0 bridgehead atoms. The number of likely N-dealkylation sites (tertiary alicyclic amines) is 1. The molecule has 7 heteroatoms. The third kappa shape index (κ3) is 5.79. The molecule has 2 fully saturated rings. The van der Waals surface area contributed by atoms with Gasteiger partial charge in [0.1, 0.15) is 0 Å². The molecular formula is C20H29Cl2N5. The second-order valence-electron chi connectivity index (χ2n) is 7.50. The third-order valence-corrected chi connectivity index (χ3v) is 5.48. The number of anilines is 1. The quantitative estimate of drug-likeness (QED) is 0.790. The molecule has 1 aromatic heterocycles. The molecule has 1 spiro atoms. The Morgan fingerprint density at radius 3 is 2.52 bits per heavy atom. The van der Waals surface area contributed by atoms with E-state index in [4.69, 9.17) is 0 Å². The molecule has 148 valence electrons. The second kappa shape index (κ2) is 10.2. The summed E-state index contributed by atoms with van der Waals surface area (Å²) in [5, 5.41) is 6.83. The fourth-order valence-corrected chi connectivity index (χ4v) is 4.15. The summed E-state index contributed by atoms with van der Waals surface area (Å²) in [5.74, 6) is 0.697. The van der Waals surface area contributed by atoms with Gasteiger partial charge in [-0.15, -0.1) is 24.8 Å². The lowest BCUT2D eigenvalue weighted by atomic mass is 9.79. The van der Waals surface area contributed by atoms with Crippen LogP contribution in [0.5, 0.6) is 0 Å². The molecule has 0 saturated carbocycles. The lowest BCUT2D eigenvalue weighted by Crippen LogP contribution is -2.44. The van der Waals surface area contributed by atoms with Gasteiger partial charge in [0, 0.05) is 44.1 Å². The number of halogens is 2. The van der Waals surface area contributed by atoms with Crippen molar-refractivity contribution in [2.75, 3.05) is 31.5 Å². The Morgan fingerprint density at radius 2 is 1.81 bits per heavy atom. The summed E-state index contributed by atoms with van der Waals surface area (Å²) in [6, 6.07) is 10.3. The summed E-state index contributed by atoms with van der Waals surface area (Å²) in [5.41, 5.74) is 2.95. The standard InChI is InChI=1S/C20H27N5.2ClH/c1-2-5-17(6-3-1)11-22-19-23-12-18(13-24-19)14-25-10-4-7-20(16-25)8-9-21-15-20;;/h1-3,5-6,12-13,21H,4,7-11,14-16H2,(H,22,23,24);2*1H. The summed E-state index contributed by atoms with van der Waals surface area (Å²) in [6.07, 6.45) is 7.93. The van der Waals surface area contributed by atoms with Gasteiger partial charge >= 0.3 is 0 Å². The van der Waals surface area contributed by atoms with Gasteiger partial charge in [-0.25, -0.2) is 9.97 Å². The van der Waals surface area contributed by atoms with Gasteiger partial charge in [-0.3, -0.25) is 4.90 Å². The van der Waals surface area contributed by atoms with E-state index in [1.807, 2.05) is 30.6 Å². The summed E-state index contributed by atoms with van der Waals surface area (Å²) in [4.78, 5) is 11.5. The van der Waals surface area contributed by atoms with Crippen LogP contribution < -0.4 is 10.6 Å². The number of aromatic nitrogens is 2. The van der Waals surface area contributed by atoms with E-state index < -0.39 is 0 Å². The molecule has 2 aliphatic rings. The zero-order valence-corrected chi connectivity index (χ0v) is 17.2. The molecule has 2 aliphatic heterocycles. The van der Waals surface area contributed by atoms with Gasteiger partial charge in [-0.1, -0.05) is 30.3 Å². The van der Waals surface area contributed by atoms with E-state index in [1.54, 1.807) is 0 Å². The van der Waals surface area contributed by atoms with E-state index >= 15 is 0 Å². The van der Waals surface area contributed by atoms with Crippen LogP contribution in [0.4, 0.5) is 5.95 Å². The van der Waals surface area contributed by atoms with Crippen LogP contribution in [0.25, 0.3) is 0 Å². The summed E-state index contributed by atoms with van der Waals surface area (Å²) >= 11 is 0. The van der Waals surface area contributed by atoms with Crippen molar-refractivity contribution in [1.82, 2.24) is 20.2 Å². The van der Waals surface area contributed by atoms with Crippen molar-refractivity contribution in [2.24, 2.45) is 5.41 Å². The minimum Gasteiger partial charge on any atom is -0.350 e. The highest BCUT2D eigenvalue weighted by atomic mass is 35.5. The van der Waals surface area contributed by atoms with Gasteiger partial charge in [0.25, 0.3) is 0 Å². The topological polar surface area (TPSA) is 53.1 Å². The summed E-state index contributed by atoms with van der Waals surface area (Å²) in [7, 11) is 0.